The number of urea groups is 1. The quantitative estimate of drug-likeness (QED) is 0.503. The molecule has 0 fully saturated rings. The van der Waals surface area contributed by atoms with Gasteiger partial charge >= 0.3 is 6.03 Å². The lowest BCUT2D eigenvalue weighted by molar-refractivity contribution is 0.102. The monoisotopic (exact) mass is 403 g/mol. The van der Waals surface area contributed by atoms with E-state index in [1.54, 1.807) is 60.7 Å². The van der Waals surface area contributed by atoms with Crippen molar-refractivity contribution in [2.45, 2.75) is 26.8 Å². The number of hydrogen-bond acceptors (Lipinski definition) is 3. The molecule has 0 atom stereocenters. The van der Waals surface area contributed by atoms with E-state index < -0.39 is 0 Å². The summed E-state index contributed by atoms with van der Waals surface area (Å²) in [6.07, 6.45) is 0. The second-order valence-corrected chi connectivity index (χ2v) is 7.22. The molecule has 3 N–H and O–H groups in total. The normalized spacial score (nSPS) is 10.4. The highest BCUT2D eigenvalue weighted by molar-refractivity contribution is 6.04. The van der Waals surface area contributed by atoms with E-state index in [0.29, 0.717) is 28.4 Å². The summed E-state index contributed by atoms with van der Waals surface area (Å²) in [4.78, 5) is 24.0. The van der Waals surface area contributed by atoms with Crippen molar-refractivity contribution >= 4 is 23.3 Å². The van der Waals surface area contributed by atoms with Crippen LogP contribution in [0.1, 0.15) is 29.8 Å². The van der Waals surface area contributed by atoms with E-state index in [2.05, 4.69) is 16.0 Å². The van der Waals surface area contributed by atoms with Gasteiger partial charge in [0.1, 0.15) is 11.5 Å². The summed E-state index contributed by atoms with van der Waals surface area (Å²) in [6.45, 7) is 5.78. The molecule has 0 aromatic heterocycles. The van der Waals surface area contributed by atoms with Crippen molar-refractivity contribution in [3.05, 3.63) is 83.9 Å². The molecule has 0 aliphatic rings. The molecule has 154 valence electrons. The Morgan fingerprint density at radius 3 is 1.73 bits per heavy atom. The van der Waals surface area contributed by atoms with Crippen LogP contribution in [-0.4, -0.2) is 18.0 Å². The SMILES string of the molecule is Cc1ccc(C(=O)Nc2ccc(Oc3ccc(NC(=O)NC(C)C)cc3)cc2)cc1. The first kappa shape index (κ1) is 20.9. The van der Waals surface area contributed by atoms with Gasteiger partial charge in [0.25, 0.3) is 5.91 Å². The first-order valence-electron chi connectivity index (χ1n) is 9.72. The number of aryl methyl sites for hydroxylation is 1. The second-order valence-electron chi connectivity index (χ2n) is 7.22. The summed E-state index contributed by atoms with van der Waals surface area (Å²) in [6, 6.07) is 21.5. The lowest BCUT2D eigenvalue weighted by atomic mass is 10.1. The van der Waals surface area contributed by atoms with Crippen molar-refractivity contribution in [2.24, 2.45) is 0 Å². The van der Waals surface area contributed by atoms with Gasteiger partial charge in [-0.15, -0.1) is 0 Å². The zero-order chi connectivity index (χ0) is 21.5. The number of rotatable bonds is 6. The first-order chi connectivity index (χ1) is 14.4. The molecule has 3 aromatic carbocycles. The van der Waals surface area contributed by atoms with Crippen LogP contribution in [0.25, 0.3) is 0 Å². The van der Waals surface area contributed by atoms with Gasteiger partial charge in [0, 0.05) is 23.0 Å². The van der Waals surface area contributed by atoms with Gasteiger partial charge in [0.2, 0.25) is 0 Å². The number of benzene rings is 3. The minimum atomic E-state index is -0.248. The highest BCUT2D eigenvalue weighted by Gasteiger charge is 2.07. The van der Waals surface area contributed by atoms with Crippen LogP contribution in [0.15, 0.2) is 72.8 Å². The molecular weight excluding hydrogens is 378 g/mol. The molecule has 0 unspecified atom stereocenters. The first-order valence-corrected chi connectivity index (χ1v) is 9.72. The Hall–Kier alpha value is -3.80. The van der Waals surface area contributed by atoms with E-state index >= 15 is 0 Å². The topological polar surface area (TPSA) is 79.5 Å². The van der Waals surface area contributed by atoms with Gasteiger partial charge in [-0.25, -0.2) is 4.79 Å². The summed E-state index contributed by atoms with van der Waals surface area (Å²) < 4.78 is 5.82. The van der Waals surface area contributed by atoms with Crippen molar-refractivity contribution in [2.75, 3.05) is 10.6 Å². The van der Waals surface area contributed by atoms with Crippen LogP contribution in [0.2, 0.25) is 0 Å². The summed E-state index contributed by atoms with van der Waals surface area (Å²) in [5, 5.41) is 8.39. The molecule has 3 rings (SSSR count). The maximum Gasteiger partial charge on any atom is 0.319 e. The van der Waals surface area contributed by atoms with Crippen molar-refractivity contribution in [1.82, 2.24) is 5.32 Å². The van der Waals surface area contributed by atoms with Gasteiger partial charge in [-0.3, -0.25) is 4.79 Å². The largest absolute Gasteiger partial charge is 0.457 e. The van der Waals surface area contributed by atoms with Crippen molar-refractivity contribution in [1.29, 1.82) is 0 Å². The number of ether oxygens (including phenoxy) is 1. The molecule has 0 spiro atoms. The Labute approximate surface area is 176 Å². The molecule has 6 heteroatoms. The van der Waals surface area contributed by atoms with Crippen LogP contribution >= 0.6 is 0 Å². The van der Waals surface area contributed by atoms with Gasteiger partial charge in [0.05, 0.1) is 0 Å². The average molecular weight is 403 g/mol. The highest BCUT2D eigenvalue weighted by atomic mass is 16.5. The molecule has 3 amide bonds. The molecule has 0 aliphatic heterocycles. The number of nitrogens with one attached hydrogen (secondary N) is 3. The molecule has 0 radical (unpaired) electrons. The molecule has 0 saturated carbocycles. The number of carbonyl (C=O) groups is 2. The van der Waals surface area contributed by atoms with Crippen LogP contribution in [0.4, 0.5) is 16.2 Å². The Morgan fingerprint density at radius 1 is 0.733 bits per heavy atom. The molecule has 30 heavy (non-hydrogen) atoms. The number of carbonyl (C=O) groups excluding carboxylic acids is 2. The van der Waals surface area contributed by atoms with Gasteiger partial charge in [-0.05, 0) is 81.4 Å². The van der Waals surface area contributed by atoms with Crippen molar-refractivity contribution in [3.63, 3.8) is 0 Å². The summed E-state index contributed by atoms with van der Waals surface area (Å²) in [5.74, 6) is 1.12. The van der Waals surface area contributed by atoms with Gasteiger partial charge < -0.3 is 20.7 Å². The van der Waals surface area contributed by atoms with Gasteiger partial charge in [-0.1, -0.05) is 17.7 Å². The van der Waals surface area contributed by atoms with Gasteiger partial charge in [0.15, 0.2) is 0 Å². The second kappa shape index (κ2) is 9.60. The molecule has 6 nitrogen and oxygen atoms in total. The molecular formula is C24H25N3O3. The van der Waals surface area contributed by atoms with Crippen LogP contribution in [-0.2, 0) is 0 Å². The third-order valence-electron chi connectivity index (χ3n) is 4.19. The van der Waals surface area contributed by atoms with Crippen LogP contribution < -0.4 is 20.7 Å². The Kier molecular flexibility index (Phi) is 6.70. The maximum atomic E-state index is 12.3. The zero-order valence-corrected chi connectivity index (χ0v) is 17.2. The van der Waals surface area contributed by atoms with E-state index in [9.17, 15) is 9.59 Å². The highest BCUT2D eigenvalue weighted by Crippen LogP contribution is 2.24. The predicted octanol–water partition coefficient (Wildman–Crippen LogP) is 5.57. The maximum absolute atomic E-state index is 12.3. The number of hydrogen-bond donors (Lipinski definition) is 3. The fourth-order valence-corrected chi connectivity index (χ4v) is 2.69. The standard InChI is InChI=1S/C24H25N3O3/c1-16(2)25-24(29)27-20-10-14-22(15-11-20)30-21-12-8-19(9-13-21)26-23(28)18-6-4-17(3)5-7-18/h4-16H,1-3H3,(H,26,28)(H2,25,27,29). The van der Waals surface area contributed by atoms with Crippen LogP contribution in [0.5, 0.6) is 11.5 Å². The Bertz CT molecular complexity index is 995. The van der Waals surface area contributed by atoms with Crippen molar-refractivity contribution < 1.29 is 14.3 Å². The Balaban J connectivity index is 1.55. The van der Waals surface area contributed by atoms with Crippen LogP contribution in [0, 0.1) is 6.92 Å². The van der Waals surface area contributed by atoms with Crippen molar-refractivity contribution in [3.8, 4) is 11.5 Å². The smallest absolute Gasteiger partial charge is 0.319 e. The lowest BCUT2D eigenvalue weighted by Gasteiger charge is -2.11. The molecule has 3 aromatic rings. The molecule has 0 saturated heterocycles. The number of anilines is 2. The zero-order valence-electron chi connectivity index (χ0n) is 17.2. The fraction of sp³-hybridized carbons (Fsp3) is 0.167. The van der Waals surface area contributed by atoms with E-state index in [4.69, 9.17) is 4.74 Å². The number of amides is 3. The molecule has 0 heterocycles. The molecule has 0 aliphatic carbocycles. The predicted molar refractivity (Wildman–Crippen MR) is 119 cm³/mol. The minimum absolute atomic E-state index is 0.0669. The summed E-state index contributed by atoms with van der Waals surface area (Å²) >= 11 is 0. The van der Waals surface area contributed by atoms with E-state index in [1.165, 1.54) is 0 Å². The average Bonchev–Trinajstić information content (AvgIpc) is 2.71. The lowest BCUT2D eigenvalue weighted by Crippen LogP contribution is -2.34. The minimum Gasteiger partial charge on any atom is -0.457 e. The third-order valence-corrected chi connectivity index (χ3v) is 4.19. The summed E-state index contributed by atoms with van der Waals surface area (Å²) in [7, 11) is 0. The van der Waals surface area contributed by atoms with E-state index in [1.807, 2.05) is 32.9 Å². The fourth-order valence-electron chi connectivity index (χ4n) is 2.69. The van der Waals surface area contributed by atoms with Gasteiger partial charge in [-0.2, -0.15) is 0 Å². The molecule has 0 bridgehead atoms. The van der Waals surface area contributed by atoms with E-state index in [0.717, 1.165) is 5.56 Å². The third kappa shape index (κ3) is 6.10. The summed E-state index contributed by atoms with van der Waals surface area (Å²) in [5.41, 5.74) is 3.07. The van der Waals surface area contributed by atoms with Crippen LogP contribution in [0.3, 0.4) is 0 Å². The Morgan fingerprint density at radius 2 is 1.23 bits per heavy atom. The van der Waals surface area contributed by atoms with E-state index in [-0.39, 0.29) is 18.0 Å².